The molecule has 11 heavy (non-hydrogen) atoms. The molecule has 1 rings (SSSR count). The van der Waals surface area contributed by atoms with Crippen molar-refractivity contribution in [2.24, 2.45) is 0 Å². The Hall–Kier alpha value is -0.0500. The molecule has 0 saturated carbocycles. The van der Waals surface area contributed by atoms with Crippen LogP contribution in [-0.4, -0.2) is 23.8 Å². The zero-order valence-corrected chi connectivity index (χ0v) is 7.43. The third kappa shape index (κ3) is 2.81. The van der Waals surface area contributed by atoms with Gasteiger partial charge in [-0.3, -0.25) is 0 Å². The van der Waals surface area contributed by atoms with E-state index in [1.54, 1.807) is 0 Å². The standard InChI is InChI=1S/C8H14ClNO/c1-6(9)5-7-8(11)3-2-4-10-7/h5,7-8,10-11H,2-4H2,1H3/t7-,8-/m0/s1. The number of aliphatic hydroxyl groups excluding tert-OH is 1. The van der Waals surface area contributed by atoms with Crippen molar-refractivity contribution in [2.45, 2.75) is 31.9 Å². The van der Waals surface area contributed by atoms with Crippen molar-refractivity contribution in [1.29, 1.82) is 0 Å². The van der Waals surface area contributed by atoms with Gasteiger partial charge in [-0.2, -0.15) is 0 Å². The maximum Gasteiger partial charge on any atom is 0.0730 e. The summed E-state index contributed by atoms with van der Waals surface area (Å²) >= 11 is 5.69. The van der Waals surface area contributed by atoms with Crippen LogP contribution in [0, 0.1) is 0 Å². The number of allylic oxidation sites excluding steroid dienone is 1. The second-order valence-corrected chi connectivity index (χ2v) is 3.54. The van der Waals surface area contributed by atoms with Crippen LogP contribution in [0.1, 0.15) is 19.8 Å². The minimum Gasteiger partial charge on any atom is -0.391 e. The number of piperidine rings is 1. The highest BCUT2D eigenvalue weighted by atomic mass is 35.5. The van der Waals surface area contributed by atoms with Gasteiger partial charge in [0.25, 0.3) is 0 Å². The summed E-state index contributed by atoms with van der Waals surface area (Å²) in [7, 11) is 0. The van der Waals surface area contributed by atoms with Crippen LogP contribution in [-0.2, 0) is 0 Å². The van der Waals surface area contributed by atoms with Crippen LogP contribution in [0.2, 0.25) is 0 Å². The highest BCUT2D eigenvalue weighted by Crippen LogP contribution is 2.12. The van der Waals surface area contributed by atoms with E-state index in [1.165, 1.54) is 0 Å². The third-order valence-corrected chi connectivity index (χ3v) is 2.01. The molecule has 2 nitrogen and oxygen atoms in total. The Morgan fingerprint density at radius 2 is 2.45 bits per heavy atom. The van der Waals surface area contributed by atoms with Gasteiger partial charge in [-0.05, 0) is 26.3 Å². The molecule has 1 aliphatic rings. The molecule has 0 aromatic rings. The molecule has 1 fully saturated rings. The van der Waals surface area contributed by atoms with Crippen molar-refractivity contribution >= 4 is 11.6 Å². The molecule has 1 saturated heterocycles. The van der Waals surface area contributed by atoms with Gasteiger partial charge >= 0.3 is 0 Å². The average Bonchev–Trinajstić information content (AvgIpc) is 1.93. The van der Waals surface area contributed by atoms with Crippen molar-refractivity contribution in [3.63, 3.8) is 0 Å². The van der Waals surface area contributed by atoms with E-state index in [0.29, 0.717) is 0 Å². The van der Waals surface area contributed by atoms with Gasteiger partial charge in [0, 0.05) is 5.03 Å². The number of halogens is 1. The lowest BCUT2D eigenvalue weighted by molar-refractivity contribution is 0.115. The molecule has 0 unspecified atom stereocenters. The van der Waals surface area contributed by atoms with Gasteiger partial charge in [-0.1, -0.05) is 17.7 Å². The van der Waals surface area contributed by atoms with E-state index in [9.17, 15) is 5.11 Å². The third-order valence-electron chi connectivity index (χ3n) is 1.88. The first-order valence-electron chi connectivity index (χ1n) is 3.95. The normalized spacial score (nSPS) is 33.9. The first-order valence-corrected chi connectivity index (χ1v) is 4.33. The SMILES string of the molecule is CC(Cl)=C[C@@H]1NCCC[C@@H]1O. The summed E-state index contributed by atoms with van der Waals surface area (Å²) in [6, 6.07) is 0.0567. The van der Waals surface area contributed by atoms with E-state index in [1.807, 2.05) is 13.0 Å². The Morgan fingerprint density at radius 3 is 3.00 bits per heavy atom. The predicted octanol–water partition coefficient (Wildman–Crippen LogP) is 1.24. The summed E-state index contributed by atoms with van der Waals surface area (Å²) in [5, 5.41) is 13.4. The van der Waals surface area contributed by atoms with E-state index in [2.05, 4.69) is 5.32 Å². The van der Waals surface area contributed by atoms with Crippen molar-refractivity contribution in [1.82, 2.24) is 5.32 Å². The Balaban J connectivity index is 2.48. The molecule has 0 aromatic heterocycles. The van der Waals surface area contributed by atoms with E-state index in [-0.39, 0.29) is 12.1 Å². The maximum absolute atomic E-state index is 9.45. The van der Waals surface area contributed by atoms with Crippen molar-refractivity contribution < 1.29 is 5.11 Å². The van der Waals surface area contributed by atoms with E-state index in [4.69, 9.17) is 11.6 Å². The monoisotopic (exact) mass is 175 g/mol. The molecule has 3 heteroatoms. The summed E-state index contributed by atoms with van der Waals surface area (Å²) in [4.78, 5) is 0. The highest BCUT2D eigenvalue weighted by molar-refractivity contribution is 6.29. The second kappa shape index (κ2) is 4.10. The molecule has 0 bridgehead atoms. The summed E-state index contributed by atoms with van der Waals surface area (Å²) in [5.41, 5.74) is 0. The molecule has 1 heterocycles. The van der Waals surface area contributed by atoms with Gasteiger partial charge in [0.2, 0.25) is 0 Å². The summed E-state index contributed by atoms with van der Waals surface area (Å²) in [6.07, 6.45) is 3.52. The van der Waals surface area contributed by atoms with Crippen molar-refractivity contribution in [3.05, 3.63) is 11.1 Å². The van der Waals surface area contributed by atoms with Crippen LogP contribution in [0.15, 0.2) is 11.1 Å². The van der Waals surface area contributed by atoms with E-state index in [0.717, 1.165) is 24.4 Å². The Kier molecular flexibility index (Phi) is 3.37. The molecular formula is C8H14ClNO. The average molecular weight is 176 g/mol. The molecule has 0 aromatic carbocycles. The summed E-state index contributed by atoms with van der Waals surface area (Å²) in [6.45, 7) is 2.80. The largest absolute Gasteiger partial charge is 0.391 e. The van der Waals surface area contributed by atoms with Crippen LogP contribution in [0.4, 0.5) is 0 Å². The lowest BCUT2D eigenvalue weighted by atomic mass is 10.0. The van der Waals surface area contributed by atoms with E-state index >= 15 is 0 Å². The molecule has 0 amide bonds. The zero-order chi connectivity index (χ0) is 8.27. The fourth-order valence-electron chi connectivity index (χ4n) is 1.31. The Bertz CT molecular complexity index is 154. The zero-order valence-electron chi connectivity index (χ0n) is 6.68. The second-order valence-electron chi connectivity index (χ2n) is 2.94. The first-order chi connectivity index (χ1) is 5.20. The van der Waals surface area contributed by atoms with Crippen molar-refractivity contribution in [2.75, 3.05) is 6.54 Å². The van der Waals surface area contributed by atoms with Gasteiger partial charge in [0.15, 0.2) is 0 Å². The minimum atomic E-state index is -0.266. The quantitative estimate of drug-likeness (QED) is 0.629. The minimum absolute atomic E-state index is 0.0567. The number of aliphatic hydroxyl groups is 1. The number of rotatable bonds is 1. The Morgan fingerprint density at radius 1 is 1.73 bits per heavy atom. The van der Waals surface area contributed by atoms with Gasteiger partial charge in [0.05, 0.1) is 12.1 Å². The van der Waals surface area contributed by atoms with Gasteiger partial charge in [-0.25, -0.2) is 0 Å². The maximum atomic E-state index is 9.45. The number of hydrogen-bond donors (Lipinski definition) is 2. The summed E-state index contributed by atoms with van der Waals surface area (Å²) < 4.78 is 0. The molecule has 64 valence electrons. The molecule has 2 atom stereocenters. The van der Waals surface area contributed by atoms with Gasteiger partial charge in [0.1, 0.15) is 0 Å². The Labute approximate surface area is 72.2 Å². The number of nitrogens with one attached hydrogen (secondary N) is 1. The summed E-state index contributed by atoms with van der Waals surface area (Å²) in [5.74, 6) is 0. The molecule has 2 N–H and O–H groups in total. The molecular weight excluding hydrogens is 162 g/mol. The highest BCUT2D eigenvalue weighted by Gasteiger charge is 2.19. The van der Waals surface area contributed by atoms with Gasteiger partial charge in [-0.15, -0.1) is 0 Å². The van der Waals surface area contributed by atoms with Crippen LogP contribution < -0.4 is 5.32 Å². The van der Waals surface area contributed by atoms with Crippen LogP contribution in [0.5, 0.6) is 0 Å². The molecule has 0 radical (unpaired) electrons. The predicted molar refractivity (Wildman–Crippen MR) is 46.6 cm³/mol. The smallest absolute Gasteiger partial charge is 0.0730 e. The van der Waals surface area contributed by atoms with E-state index < -0.39 is 0 Å². The fourth-order valence-corrected chi connectivity index (χ4v) is 1.45. The van der Waals surface area contributed by atoms with Crippen LogP contribution in [0.25, 0.3) is 0 Å². The molecule has 0 aliphatic carbocycles. The first kappa shape index (κ1) is 9.04. The van der Waals surface area contributed by atoms with Crippen LogP contribution >= 0.6 is 11.6 Å². The molecule has 0 spiro atoms. The van der Waals surface area contributed by atoms with Crippen LogP contribution in [0.3, 0.4) is 0 Å². The number of hydrogen-bond acceptors (Lipinski definition) is 2. The molecule has 1 aliphatic heterocycles. The van der Waals surface area contributed by atoms with Gasteiger partial charge < -0.3 is 10.4 Å². The van der Waals surface area contributed by atoms with Crippen molar-refractivity contribution in [3.8, 4) is 0 Å². The fraction of sp³-hybridized carbons (Fsp3) is 0.750. The lowest BCUT2D eigenvalue weighted by Crippen LogP contribution is -2.43. The topological polar surface area (TPSA) is 32.3 Å². The lowest BCUT2D eigenvalue weighted by Gasteiger charge is -2.26.